The highest BCUT2D eigenvalue weighted by Gasteiger charge is 2.32. The molecule has 1 nitrogen and oxygen atoms in total. The first-order chi connectivity index (χ1) is 4.92. The van der Waals surface area contributed by atoms with Gasteiger partial charge in [0.05, 0.1) is 6.10 Å². The Kier molecular flexibility index (Phi) is 2.08. The lowest BCUT2D eigenvalue weighted by molar-refractivity contribution is 0.283. The SMILES string of the molecule is C=C(C)C1O[Si](C)(C)C=C1C. The third kappa shape index (κ3) is 1.82. The fraction of sp³-hybridized carbons (Fsp3) is 0.556. The van der Waals surface area contributed by atoms with Crippen LogP contribution in [0.1, 0.15) is 13.8 Å². The van der Waals surface area contributed by atoms with Gasteiger partial charge in [-0.3, -0.25) is 0 Å². The van der Waals surface area contributed by atoms with E-state index in [0.717, 1.165) is 5.57 Å². The topological polar surface area (TPSA) is 9.23 Å². The molecule has 0 bridgehead atoms. The zero-order chi connectivity index (χ0) is 8.65. The van der Waals surface area contributed by atoms with Crippen molar-refractivity contribution in [2.45, 2.75) is 33.0 Å². The zero-order valence-electron chi connectivity index (χ0n) is 7.77. The van der Waals surface area contributed by atoms with E-state index in [4.69, 9.17) is 4.43 Å². The highest BCUT2D eigenvalue weighted by atomic mass is 28.4. The Morgan fingerprint density at radius 2 is 2.18 bits per heavy atom. The molecular formula is C9H16OSi. The molecular weight excluding hydrogens is 152 g/mol. The molecule has 11 heavy (non-hydrogen) atoms. The van der Waals surface area contributed by atoms with Crippen molar-refractivity contribution in [1.82, 2.24) is 0 Å². The van der Waals surface area contributed by atoms with Gasteiger partial charge in [0.25, 0.3) is 0 Å². The average molecular weight is 168 g/mol. The summed E-state index contributed by atoms with van der Waals surface area (Å²) >= 11 is 0. The molecule has 0 amide bonds. The van der Waals surface area contributed by atoms with E-state index in [-0.39, 0.29) is 6.10 Å². The normalized spacial score (nSPS) is 28.4. The molecule has 62 valence electrons. The highest BCUT2D eigenvalue weighted by molar-refractivity contribution is 6.77. The van der Waals surface area contributed by atoms with Crippen LogP contribution in [0.5, 0.6) is 0 Å². The van der Waals surface area contributed by atoms with Gasteiger partial charge >= 0.3 is 0 Å². The molecule has 0 saturated heterocycles. The number of hydrogen-bond donors (Lipinski definition) is 0. The second-order valence-corrected chi connectivity index (χ2v) is 7.57. The first-order valence-corrected chi connectivity index (χ1v) is 6.93. The standard InChI is InChI=1S/C9H16OSi/c1-7(2)9-8(3)6-11(4,5)10-9/h6,9H,1H2,2-5H3. The summed E-state index contributed by atoms with van der Waals surface area (Å²) in [5.74, 6) is 0. The number of rotatable bonds is 1. The van der Waals surface area contributed by atoms with Crippen molar-refractivity contribution in [3.63, 3.8) is 0 Å². The van der Waals surface area contributed by atoms with E-state index in [1.54, 1.807) is 0 Å². The summed E-state index contributed by atoms with van der Waals surface area (Å²) in [5, 5.41) is 0. The smallest absolute Gasteiger partial charge is 0.212 e. The summed E-state index contributed by atoms with van der Waals surface area (Å²) in [4.78, 5) is 0. The molecule has 1 rings (SSSR count). The van der Waals surface area contributed by atoms with Gasteiger partial charge in [0.2, 0.25) is 8.32 Å². The Balaban J connectivity index is 2.80. The van der Waals surface area contributed by atoms with E-state index < -0.39 is 8.32 Å². The molecule has 0 aromatic carbocycles. The monoisotopic (exact) mass is 168 g/mol. The Bertz CT molecular complexity index is 216. The molecule has 1 unspecified atom stereocenters. The highest BCUT2D eigenvalue weighted by Crippen LogP contribution is 2.28. The first kappa shape index (κ1) is 8.75. The molecule has 1 heterocycles. The van der Waals surface area contributed by atoms with E-state index in [9.17, 15) is 0 Å². The lowest BCUT2D eigenvalue weighted by Gasteiger charge is -2.18. The molecule has 1 atom stereocenters. The van der Waals surface area contributed by atoms with Crippen LogP contribution in [0.4, 0.5) is 0 Å². The summed E-state index contributed by atoms with van der Waals surface area (Å²) in [5.41, 5.74) is 4.76. The van der Waals surface area contributed by atoms with Crippen LogP contribution in [0.15, 0.2) is 23.4 Å². The summed E-state index contributed by atoms with van der Waals surface area (Å²) < 4.78 is 5.87. The molecule has 0 spiro atoms. The van der Waals surface area contributed by atoms with Crippen molar-refractivity contribution in [2.24, 2.45) is 0 Å². The predicted octanol–water partition coefficient (Wildman–Crippen LogP) is 2.65. The third-order valence-corrected chi connectivity index (χ3v) is 3.85. The zero-order valence-corrected chi connectivity index (χ0v) is 8.77. The van der Waals surface area contributed by atoms with Crippen molar-refractivity contribution in [3.05, 3.63) is 23.4 Å². The van der Waals surface area contributed by atoms with Gasteiger partial charge in [-0.05, 0) is 38.1 Å². The van der Waals surface area contributed by atoms with Crippen molar-refractivity contribution < 1.29 is 4.43 Å². The van der Waals surface area contributed by atoms with Crippen LogP contribution >= 0.6 is 0 Å². The second-order valence-electron chi connectivity index (χ2n) is 3.84. The first-order valence-electron chi connectivity index (χ1n) is 3.95. The lowest BCUT2D eigenvalue weighted by Crippen LogP contribution is -2.27. The van der Waals surface area contributed by atoms with E-state index in [1.807, 2.05) is 6.92 Å². The summed E-state index contributed by atoms with van der Waals surface area (Å²) in [7, 11) is -1.45. The minimum atomic E-state index is -1.45. The van der Waals surface area contributed by atoms with Crippen LogP contribution < -0.4 is 0 Å². The van der Waals surface area contributed by atoms with Crippen LogP contribution in [-0.2, 0) is 4.43 Å². The Hall–Kier alpha value is -0.343. The molecule has 0 fully saturated rings. The van der Waals surface area contributed by atoms with Gasteiger partial charge in [0.1, 0.15) is 0 Å². The molecule has 0 radical (unpaired) electrons. The number of hydrogen-bond acceptors (Lipinski definition) is 1. The van der Waals surface area contributed by atoms with Gasteiger partial charge in [-0.25, -0.2) is 0 Å². The van der Waals surface area contributed by atoms with Crippen LogP contribution in [0.2, 0.25) is 13.1 Å². The Morgan fingerprint density at radius 3 is 2.36 bits per heavy atom. The summed E-state index contributed by atoms with van der Waals surface area (Å²) in [6.45, 7) is 12.5. The third-order valence-electron chi connectivity index (χ3n) is 1.86. The minimum Gasteiger partial charge on any atom is -0.403 e. The van der Waals surface area contributed by atoms with Gasteiger partial charge in [-0.15, -0.1) is 0 Å². The summed E-state index contributed by atoms with van der Waals surface area (Å²) in [6, 6.07) is 0. The van der Waals surface area contributed by atoms with Crippen molar-refractivity contribution in [1.29, 1.82) is 0 Å². The average Bonchev–Trinajstić information content (AvgIpc) is 2.05. The summed E-state index contributed by atoms with van der Waals surface area (Å²) in [6.07, 6.45) is 0.205. The van der Waals surface area contributed by atoms with E-state index in [0.29, 0.717) is 0 Å². The predicted molar refractivity (Wildman–Crippen MR) is 50.9 cm³/mol. The van der Waals surface area contributed by atoms with E-state index in [2.05, 4.69) is 32.3 Å². The molecule has 0 saturated carbocycles. The van der Waals surface area contributed by atoms with Crippen molar-refractivity contribution in [3.8, 4) is 0 Å². The van der Waals surface area contributed by atoms with Crippen LogP contribution in [-0.4, -0.2) is 14.4 Å². The van der Waals surface area contributed by atoms with Gasteiger partial charge < -0.3 is 4.43 Å². The van der Waals surface area contributed by atoms with Crippen molar-refractivity contribution in [2.75, 3.05) is 0 Å². The Morgan fingerprint density at radius 1 is 1.64 bits per heavy atom. The van der Waals surface area contributed by atoms with E-state index in [1.165, 1.54) is 5.57 Å². The van der Waals surface area contributed by atoms with Gasteiger partial charge in [0.15, 0.2) is 0 Å². The Labute approximate surface area is 69.9 Å². The quantitative estimate of drug-likeness (QED) is 0.432. The van der Waals surface area contributed by atoms with Gasteiger partial charge in [-0.2, -0.15) is 0 Å². The molecule has 1 aliphatic heterocycles. The largest absolute Gasteiger partial charge is 0.403 e. The molecule has 0 aromatic heterocycles. The van der Waals surface area contributed by atoms with Gasteiger partial charge in [-0.1, -0.05) is 12.3 Å². The van der Waals surface area contributed by atoms with E-state index >= 15 is 0 Å². The fourth-order valence-electron chi connectivity index (χ4n) is 1.54. The van der Waals surface area contributed by atoms with Crippen LogP contribution in [0.3, 0.4) is 0 Å². The maximum absolute atomic E-state index is 5.87. The van der Waals surface area contributed by atoms with Crippen LogP contribution in [0, 0.1) is 0 Å². The maximum atomic E-state index is 5.87. The molecule has 1 aliphatic rings. The molecule has 0 aliphatic carbocycles. The van der Waals surface area contributed by atoms with Gasteiger partial charge in [0, 0.05) is 0 Å². The molecule has 2 heteroatoms. The molecule has 0 aromatic rings. The lowest BCUT2D eigenvalue weighted by atomic mass is 10.1. The van der Waals surface area contributed by atoms with Crippen LogP contribution in [0.25, 0.3) is 0 Å². The maximum Gasteiger partial charge on any atom is 0.212 e. The molecule has 0 N–H and O–H groups in total. The van der Waals surface area contributed by atoms with Crippen molar-refractivity contribution >= 4 is 8.32 Å². The minimum absolute atomic E-state index is 0.205. The fourth-order valence-corrected chi connectivity index (χ4v) is 3.85. The second kappa shape index (κ2) is 2.61.